The van der Waals surface area contributed by atoms with Crippen LogP contribution in [0.15, 0.2) is 35.1 Å². The van der Waals surface area contributed by atoms with Crippen LogP contribution in [0.3, 0.4) is 0 Å². The summed E-state index contributed by atoms with van der Waals surface area (Å²) in [5.74, 6) is 2.85. The highest BCUT2D eigenvalue weighted by Gasteiger charge is 2.08. The van der Waals surface area contributed by atoms with E-state index in [1.165, 1.54) is 23.9 Å². The minimum atomic E-state index is 0.162. The van der Waals surface area contributed by atoms with Gasteiger partial charge in [0.2, 0.25) is 0 Å². The van der Waals surface area contributed by atoms with Crippen LogP contribution in [0.4, 0.5) is 5.69 Å². The molecule has 0 aliphatic rings. The van der Waals surface area contributed by atoms with E-state index < -0.39 is 0 Å². The Morgan fingerprint density at radius 3 is 2.90 bits per heavy atom. The van der Waals surface area contributed by atoms with E-state index in [0.717, 1.165) is 6.21 Å². The molecular weight excluding hydrogens is 270 g/mol. The second-order valence-corrected chi connectivity index (χ2v) is 4.45. The monoisotopic (exact) mass is 283 g/mol. The van der Waals surface area contributed by atoms with Crippen LogP contribution in [-0.2, 0) is 0 Å². The van der Waals surface area contributed by atoms with Crippen LogP contribution in [0.1, 0.15) is 11.1 Å². The number of hydrogen-bond acceptors (Lipinski definition) is 5. The van der Waals surface area contributed by atoms with E-state index in [1.54, 1.807) is 10.8 Å². The molecule has 0 saturated heterocycles. The third kappa shape index (κ3) is 3.94. The molecule has 0 aliphatic carbocycles. The Balaban J connectivity index is 2.96. The van der Waals surface area contributed by atoms with E-state index in [2.05, 4.69) is 12.5 Å². The normalized spacial score (nSPS) is 10.2. The molecule has 0 atom stereocenters. The Morgan fingerprint density at radius 1 is 1.60 bits per heavy atom. The molecule has 0 radical (unpaired) electrons. The summed E-state index contributed by atoms with van der Waals surface area (Å²) >= 11 is 1.35. The van der Waals surface area contributed by atoms with E-state index in [4.69, 9.17) is 27.6 Å². The largest absolute Gasteiger partial charge is 0.487 e. The van der Waals surface area contributed by atoms with Crippen molar-refractivity contribution in [3.8, 4) is 24.2 Å². The van der Waals surface area contributed by atoms with E-state index in [9.17, 15) is 0 Å². The van der Waals surface area contributed by atoms with Crippen LogP contribution in [0.2, 0.25) is 0 Å². The summed E-state index contributed by atoms with van der Waals surface area (Å²) in [7, 11) is 0. The summed E-state index contributed by atoms with van der Waals surface area (Å²) in [5, 5.41) is 19.7. The number of nitrogens with two attached hydrogens (primary N) is 1. The van der Waals surface area contributed by atoms with E-state index in [-0.39, 0.29) is 6.61 Å². The highest BCUT2D eigenvalue weighted by Crippen LogP contribution is 2.24. The molecule has 1 aromatic rings. The van der Waals surface area contributed by atoms with Crippen molar-refractivity contribution in [1.82, 2.24) is 0 Å². The van der Waals surface area contributed by atoms with Crippen molar-refractivity contribution < 1.29 is 4.74 Å². The third-order valence-electron chi connectivity index (χ3n) is 2.34. The number of thioether (sulfide) groups is 1. The fourth-order valence-electron chi connectivity index (χ4n) is 1.34. The van der Waals surface area contributed by atoms with E-state index in [0.29, 0.717) is 28.1 Å². The van der Waals surface area contributed by atoms with Crippen LogP contribution in [0.25, 0.3) is 0 Å². The molecule has 0 aromatic heterocycles. The van der Waals surface area contributed by atoms with Crippen molar-refractivity contribution in [1.29, 1.82) is 10.7 Å². The van der Waals surface area contributed by atoms with E-state index in [1.807, 2.05) is 6.07 Å². The lowest BCUT2D eigenvalue weighted by molar-refractivity contribution is 0.356. The van der Waals surface area contributed by atoms with Crippen molar-refractivity contribution in [3.63, 3.8) is 0 Å². The van der Waals surface area contributed by atoms with Gasteiger partial charge in [0.1, 0.15) is 18.4 Å². The van der Waals surface area contributed by atoms with Gasteiger partial charge < -0.3 is 15.9 Å². The molecule has 4 nitrogen and oxygen atoms in total. The van der Waals surface area contributed by atoms with Gasteiger partial charge in [0.25, 0.3) is 0 Å². The summed E-state index contributed by atoms with van der Waals surface area (Å²) in [6.45, 7) is 3.73. The number of hydrogen-bond donors (Lipinski definition) is 2. The van der Waals surface area contributed by atoms with Crippen molar-refractivity contribution in [2.45, 2.75) is 0 Å². The van der Waals surface area contributed by atoms with Crippen LogP contribution >= 0.6 is 11.8 Å². The smallest absolute Gasteiger partial charge is 0.139 e. The second kappa shape index (κ2) is 7.73. The highest BCUT2D eigenvalue weighted by molar-refractivity contribution is 8.04. The molecule has 0 bridgehead atoms. The molecule has 0 aliphatic heterocycles. The molecule has 1 rings (SSSR count). The van der Waals surface area contributed by atoms with Gasteiger partial charge in [-0.3, -0.25) is 0 Å². The molecule has 0 saturated carbocycles. The predicted octanol–water partition coefficient (Wildman–Crippen LogP) is 2.91. The maximum atomic E-state index is 9.07. The van der Waals surface area contributed by atoms with Crippen molar-refractivity contribution in [2.75, 3.05) is 12.3 Å². The molecule has 0 amide bonds. The van der Waals surface area contributed by atoms with Crippen molar-refractivity contribution >= 4 is 23.7 Å². The molecule has 5 heteroatoms. The summed E-state index contributed by atoms with van der Waals surface area (Å²) < 4.78 is 5.52. The molecular formula is C15H13N3OS. The Labute approximate surface area is 122 Å². The SMILES string of the molecule is C#C/C(=C\SC=C)COc1cc(N)c(C=N)cc1C#N. The number of nitrogens with one attached hydrogen (secondary N) is 1. The second-order valence-electron chi connectivity index (χ2n) is 3.61. The van der Waals surface area contributed by atoms with Gasteiger partial charge in [0.05, 0.1) is 5.56 Å². The fraction of sp³-hybridized carbons (Fsp3) is 0.0667. The number of anilines is 1. The lowest BCUT2D eigenvalue weighted by Gasteiger charge is -2.10. The van der Waals surface area contributed by atoms with Crippen LogP contribution in [0, 0.1) is 29.1 Å². The summed E-state index contributed by atoms with van der Waals surface area (Å²) in [6.07, 6.45) is 6.45. The summed E-state index contributed by atoms with van der Waals surface area (Å²) in [5.41, 5.74) is 7.56. The van der Waals surface area contributed by atoms with Gasteiger partial charge >= 0.3 is 0 Å². The zero-order valence-corrected chi connectivity index (χ0v) is 11.5. The molecule has 1 aromatic carbocycles. The van der Waals surface area contributed by atoms with Crippen LogP contribution in [-0.4, -0.2) is 12.8 Å². The Kier molecular flexibility index (Phi) is 5.96. The lowest BCUT2D eigenvalue weighted by atomic mass is 10.1. The van der Waals surface area contributed by atoms with Gasteiger partial charge in [0, 0.05) is 29.1 Å². The topological polar surface area (TPSA) is 82.9 Å². The molecule has 20 heavy (non-hydrogen) atoms. The fourth-order valence-corrected chi connectivity index (χ4v) is 1.74. The Bertz CT molecular complexity index is 636. The minimum absolute atomic E-state index is 0.162. The number of rotatable bonds is 6. The van der Waals surface area contributed by atoms with Crippen LogP contribution in [0.5, 0.6) is 5.75 Å². The first-order valence-electron chi connectivity index (χ1n) is 5.55. The average molecular weight is 283 g/mol. The molecule has 100 valence electrons. The molecule has 0 spiro atoms. The Morgan fingerprint density at radius 2 is 2.35 bits per heavy atom. The minimum Gasteiger partial charge on any atom is -0.487 e. The average Bonchev–Trinajstić information content (AvgIpc) is 2.47. The van der Waals surface area contributed by atoms with E-state index >= 15 is 0 Å². The van der Waals surface area contributed by atoms with Crippen molar-refractivity contribution in [3.05, 3.63) is 46.2 Å². The third-order valence-corrected chi connectivity index (χ3v) is 2.95. The Hall–Kier alpha value is -2.63. The van der Waals surface area contributed by atoms with Gasteiger partial charge in [-0.25, -0.2) is 0 Å². The number of ether oxygens (including phenoxy) is 1. The van der Waals surface area contributed by atoms with Gasteiger partial charge in [0.15, 0.2) is 0 Å². The van der Waals surface area contributed by atoms with Gasteiger partial charge in [-0.05, 0) is 16.9 Å². The highest BCUT2D eigenvalue weighted by atomic mass is 32.2. The first-order chi connectivity index (χ1) is 9.65. The number of nitrogens with zero attached hydrogens (tertiary/aromatic N) is 1. The lowest BCUT2D eigenvalue weighted by Crippen LogP contribution is -2.03. The van der Waals surface area contributed by atoms with Gasteiger partial charge in [-0.15, -0.1) is 18.2 Å². The molecule has 3 N–H and O–H groups in total. The molecule has 0 unspecified atom stereocenters. The number of nitriles is 1. The van der Waals surface area contributed by atoms with Gasteiger partial charge in [-0.1, -0.05) is 12.5 Å². The quantitative estimate of drug-likeness (QED) is 0.477. The number of benzene rings is 1. The molecule has 0 heterocycles. The maximum absolute atomic E-state index is 9.07. The first-order valence-corrected chi connectivity index (χ1v) is 6.49. The number of terminal acetylenes is 1. The van der Waals surface area contributed by atoms with Gasteiger partial charge in [-0.2, -0.15) is 5.26 Å². The summed E-state index contributed by atoms with van der Waals surface area (Å²) in [4.78, 5) is 0. The zero-order chi connectivity index (χ0) is 15.0. The predicted molar refractivity (Wildman–Crippen MR) is 83.7 cm³/mol. The zero-order valence-electron chi connectivity index (χ0n) is 10.7. The number of nitrogen functional groups attached to an aromatic ring is 1. The van der Waals surface area contributed by atoms with Crippen LogP contribution < -0.4 is 10.5 Å². The standard InChI is InChI=1S/C15H13N3OS/c1-3-11(10-20-4-2)9-19-15-6-14(18)12(7-16)5-13(15)8-17/h1,4-7,10,16H,2,9,18H2/b11-10+,16-7?. The first kappa shape index (κ1) is 15.4. The molecule has 0 fully saturated rings. The summed E-state index contributed by atoms with van der Waals surface area (Å²) in [6, 6.07) is 5.04. The maximum Gasteiger partial charge on any atom is 0.139 e. The van der Waals surface area contributed by atoms with Crippen molar-refractivity contribution in [2.24, 2.45) is 0 Å².